The summed E-state index contributed by atoms with van der Waals surface area (Å²) in [4.78, 5) is 12.3. The Morgan fingerprint density at radius 3 is 2.68 bits per heavy atom. The van der Waals surface area contributed by atoms with Gasteiger partial charge in [-0.05, 0) is 44.9 Å². The van der Waals surface area contributed by atoms with Crippen LogP contribution in [0.2, 0.25) is 0 Å². The molecular weight excluding hydrogens is 258 g/mol. The minimum Gasteiger partial charge on any atom is -0.465 e. The Morgan fingerprint density at radius 2 is 2.16 bits per heavy atom. The average Bonchev–Trinajstić information content (AvgIpc) is 2.72. The number of likely N-dealkylation sites (N-methyl/N-ethyl adjacent to an activating group) is 1. The Labute approximate surface area is 122 Å². The van der Waals surface area contributed by atoms with E-state index in [0.717, 1.165) is 31.4 Å². The van der Waals surface area contributed by atoms with E-state index in [1.807, 2.05) is 25.7 Å². The Morgan fingerprint density at radius 1 is 1.47 bits per heavy atom. The molecule has 0 spiro atoms. The fraction of sp³-hybridized carbons (Fsp3) is 0.933. The van der Waals surface area contributed by atoms with Gasteiger partial charge in [0.15, 0.2) is 0 Å². The highest BCUT2D eigenvalue weighted by Crippen LogP contribution is 2.40. The number of esters is 1. The average molecular weight is 287 g/mol. The number of nitrogens with one attached hydrogen (secondary N) is 1. The van der Waals surface area contributed by atoms with E-state index in [0.29, 0.717) is 17.3 Å². The zero-order valence-corrected chi connectivity index (χ0v) is 13.9. The predicted octanol–water partition coefficient (Wildman–Crippen LogP) is 3.23. The van der Waals surface area contributed by atoms with Gasteiger partial charge < -0.3 is 10.1 Å². The molecule has 0 aromatic carbocycles. The summed E-state index contributed by atoms with van der Waals surface area (Å²) in [5, 5.41) is 3.28. The van der Waals surface area contributed by atoms with Crippen molar-refractivity contribution in [2.45, 2.75) is 63.7 Å². The second kappa shape index (κ2) is 6.98. The van der Waals surface area contributed by atoms with Crippen molar-refractivity contribution in [3.63, 3.8) is 0 Å². The fourth-order valence-corrected chi connectivity index (χ4v) is 3.95. The van der Waals surface area contributed by atoms with Gasteiger partial charge in [0.25, 0.3) is 0 Å². The Hall–Kier alpha value is -0.220. The Kier molecular flexibility index (Phi) is 6.18. The normalized spacial score (nSPS) is 27.5. The number of thioether (sulfide) groups is 1. The van der Waals surface area contributed by atoms with E-state index in [2.05, 4.69) is 26.1 Å². The molecule has 2 atom stereocenters. The first-order valence-electron chi connectivity index (χ1n) is 7.36. The molecule has 0 heterocycles. The zero-order valence-electron chi connectivity index (χ0n) is 13.0. The summed E-state index contributed by atoms with van der Waals surface area (Å²) in [5.74, 6) is 1.46. The molecule has 1 aliphatic rings. The van der Waals surface area contributed by atoms with Crippen molar-refractivity contribution in [1.29, 1.82) is 0 Å². The summed E-state index contributed by atoms with van der Waals surface area (Å²) in [6.07, 6.45) is 4.24. The van der Waals surface area contributed by atoms with Crippen LogP contribution in [0, 0.1) is 5.92 Å². The first kappa shape index (κ1) is 16.8. The van der Waals surface area contributed by atoms with Gasteiger partial charge in [-0.2, -0.15) is 11.8 Å². The topological polar surface area (TPSA) is 38.3 Å². The van der Waals surface area contributed by atoms with Crippen LogP contribution in [0.15, 0.2) is 0 Å². The molecule has 0 bridgehead atoms. The summed E-state index contributed by atoms with van der Waals surface area (Å²) < 4.78 is 5.59. The monoisotopic (exact) mass is 287 g/mol. The second-order valence-corrected chi connectivity index (χ2v) is 8.20. The van der Waals surface area contributed by atoms with Gasteiger partial charge >= 0.3 is 5.97 Å². The molecule has 0 aromatic rings. The van der Waals surface area contributed by atoms with Gasteiger partial charge in [0, 0.05) is 4.75 Å². The van der Waals surface area contributed by atoms with Crippen molar-refractivity contribution < 1.29 is 9.53 Å². The summed E-state index contributed by atoms with van der Waals surface area (Å²) in [6, 6.07) is 0. The molecule has 1 N–H and O–H groups in total. The number of ether oxygens (including phenoxy) is 1. The molecule has 0 saturated heterocycles. The number of hydrogen-bond acceptors (Lipinski definition) is 4. The lowest BCUT2D eigenvalue weighted by atomic mass is 9.85. The number of hydrogen-bond donors (Lipinski definition) is 1. The first-order chi connectivity index (χ1) is 8.85. The largest absolute Gasteiger partial charge is 0.465 e. The van der Waals surface area contributed by atoms with Gasteiger partial charge in [-0.25, -0.2) is 0 Å². The van der Waals surface area contributed by atoms with Crippen LogP contribution in [0.4, 0.5) is 0 Å². The molecule has 112 valence electrons. The number of carbonyl (C=O) groups is 1. The standard InChI is InChI=1S/C15H29NO2S/c1-6-18-13(17)15(16-5)10-7-8-12(15)9-11-19-14(2,3)4/h12,16H,6-11H2,1-5H3. The van der Waals surface area contributed by atoms with Crippen molar-refractivity contribution >= 4 is 17.7 Å². The summed E-state index contributed by atoms with van der Waals surface area (Å²) in [6.45, 7) is 9.06. The third-order valence-corrected chi connectivity index (χ3v) is 5.21. The van der Waals surface area contributed by atoms with Crippen molar-refractivity contribution in [3.05, 3.63) is 0 Å². The van der Waals surface area contributed by atoms with Crippen molar-refractivity contribution in [2.75, 3.05) is 19.4 Å². The molecule has 4 heteroatoms. The van der Waals surface area contributed by atoms with Gasteiger partial charge in [-0.3, -0.25) is 4.79 Å². The first-order valence-corrected chi connectivity index (χ1v) is 8.34. The minimum atomic E-state index is -0.436. The third kappa shape index (κ3) is 4.38. The van der Waals surface area contributed by atoms with Gasteiger partial charge in [0.05, 0.1) is 6.61 Å². The van der Waals surface area contributed by atoms with E-state index in [4.69, 9.17) is 4.74 Å². The molecule has 2 unspecified atom stereocenters. The van der Waals surface area contributed by atoms with Crippen LogP contribution in [-0.4, -0.2) is 35.7 Å². The van der Waals surface area contributed by atoms with Crippen LogP contribution in [0.1, 0.15) is 53.4 Å². The molecule has 3 nitrogen and oxygen atoms in total. The lowest BCUT2D eigenvalue weighted by Gasteiger charge is -2.33. The molecule has 0 aromatic heterocycles. The maximum Gasteiger partial charge on any atom is 0.326 e. The Balaban J connectivity index is 2.62. The van der Waals surface area contributed by atoms with Crippen LogP contribution >= 0.6 is 11.8 Å². The molecule has 19 heavy (non-hydrogen) atoms. The third-order valence-electron chi connectivity index (χ3n) is 3.91. The van der Waals surface area contributed by atoms with E-state index in [-0.39, 0.29) is 5.97 Å². The van der Waals surface area contributed by atoms with E-state index in [9.17, 15) is 4.79 Å². The van der Waals surface area contributed by atoms with Crippen molar-refractivity contribution in [2.24, 2.45) is 5.92 Å². The molecule has 0 amide bonds. The van der Waals surface area contributed by atoms with Crippen LogP contribution in [-0.2, 0) is 9.53 Å². The van der Waals surface area contributed by atoms with Crippen LogP contribution < -0.4 is 5.32 Å². The maximum atomic E-state index is 12.3. The molecule has 0 radical (unpaired) electrons. The van der Waals surface area contributed by atoms with Crippen molar-refractivity contribution in [1.82, 2.24) is 5.32 Å². The number of rotatable bonds is 6. The molecule has 1 rings (SSSR count). The van der Waals surface area contributed by atoms with E-state index in [1.54, 1.807) is 0 Å². The SMILES string of the molecule is CCOC(=O)C1(NC)CCCC1CCSC(C)(C)C. The molecule has 1 aliphatic carbocycles. The lowest BCUT2D eigenvalue weighted by molar-refractivity contribution is -0.152. The summed E-state index contributed by atoms with van der Waals surface area (Å²) in [5.41, 5.74) is -0.436. The van der Waals surface area contributed by atoms with Crippen LogP contribution in [0.5, 0.6) is 0 Å². The fourth-order valence-electron chi connectivity index (χ4n) is 2.94. The molecule has 0 aliphatic heterocycles. The number of carbonyl (C=O) groups excluding carboxylic acids is 1. The summed E-state index contributed by atoms with van der Waals surface area (Å²) in [7, 11) is 1.89. The molecule has 1 saturated carbocycles. The van der Waals surface area contributed by atoms with E-state index < -0.39 is 5.54 Å². The minimum absolute atomic E-state index is 0.0549. The van der Waals surface area contributed by atoms with E-state index in [1.165, 1.54) is 0 Å². The van der Waals surface area contributed by atoms with E-state index >= 15 is 0 Å². The highest BCUT2D eigenvalue weighted by molar-refractivity contribution is 8.00. The highest BCUT2D eigenvalue weighted by atomic mass is 32.2. The molecule has 1 fully saturated rings. The Bertz CT molecular complexity index is 301. The van der Waals surface area contributed by atoms with Crippen LogP contribution in [0.3, 0.4) is 0 Å². The van der Waals surface area contributed by atoms with Gasteiger partial charge in [-0.15, -0.1) is 0 Å². The maximum absolute atomic E-state index is 12.3. The quantitative estimate of drug-likeness (QED) is 0.761. The van der Waals surface area contributed by atoms with Gasteiger partial charge in [0.2, 0.25) is 0 Å². The van der Waals surface area contributed by atoms with Crippen molar-refractivity contribution in [3.8, 4) is 0 Å². The van der Waals surface area contributed by atoms with Gasteiger partial charge in [0.1, 0.15) is 5.54 Å². The lowest BCUT2D eigenvalue weighted by Crippen LogP contribution is -2.54. The molecular formula is C15H29NO2S. The predicted molar refractivity (Wildman–Crippen MR) is 82.6 cm³/mol. The highest BCUT2D eigenvalue weighted by Gasteiger charge is 2.48. The summed E-state index contributed by atoms with van der Waals surface area (Å²) >= 11 is 1.98. The van der Waals surface area contributed by atoms with Crippen LogP contribution in [0.25, 0.3) is 0 Å². The van der Waals surface area contributed by atoms with Gasteiger partial charge in [-0.1, -0.05) is 27.2 Å². The smallest absolute Gasteiger partial charge is 0.326 e. The zero-order chi connectivity index (χ0) is 14.5. The second-order valence-electron chi connectivity index (χ2n) is 6.28.